The van der Waals surface area contributed by atoms with Crippen molar-refractivity contribution < 1.29 is 4.74 Å². The second-order valence-corrected chi connectivity index (χ2v) is 14.4. The van der Waals surface area contributed by atoms with E-state index in [2.05, 4.69) is 164 Å². The summed E-state index contributed by atoms with van der Waals surface area (Å²) in [5.74, 6) is 2.41. The molecular weight excluding hydrogens is 641 g/mol. The van der Waals surface area contributed by atoms with Gasteiger partial charge in [-0.25, -0.2) is 9.97 Å². The molecule has 0 saturated heterocycles. The van der Waals surface area contributed by atoms with Gasteiger partial charge in [0.1, 0.15) is 11.5 Å². The zero-order valence-corrected chi connectivity index (χ0v) is 28.2. The molecule has 0 bridgehead atoms. The molecule has 0 unspecified atom stereocenters. The van der Waals surface area contributed by atoms with Gasteiger partial charge in [-0.2, -0.15) is 0 Å². The first-order chi connectivity index (χ1) is 25.3. The summed E-state index contributed by atoms with van der Waals surface area (Å²) in [6.45, 7) is 0. The first-order valence-corrected chi connectivity index (χ1v) is 18.1. The number of benzene rings is 7. The van der Waals surface area contributed by atoms with E-state index >= 15 is 0 Å². The molecule has 1 spiro atoms. The van der Waals surface area contributed by atoms with Gasteiger partial charge in [0.2, 0.25) is 0 Å². The van der Waals surface area contributed by atoms with Gasteiger partial charge >= 0.3 is 0 Å². The maximum atomic E-state index is 6.70. The molecule has 7 aromatic carbocycles. The summed E-state index contributed by atoms with van der Waals surface area (Å²) >= 11 is 1.82. The fraction of sp³-hybridized carbons (Fsp3) is 0.0213. The Bertz CT molecular complexity index is 2810. The van der Waals surface area contributed by atoms with Crippen LogP contribution in [-0.4, -0.2) is 9.97 Å². The summed E-state index contributed by atoms with van der Waals surface area (Å²) in [6, 6.07) is 60.4. The van der Waals surface area contributed by atoms with Crippen LogP contribution in [0.15, 0.2) is 170 Å². The lowest BCUT2D eigenvalue weighted by Crippen LogP contribution is -2.32. The van der Waals surface area contributed by atoms with E-state index in [0.717, 1.165) is 50.7 Å². The number of ether oxygens (including phenoxy) is 1. The predicted octanol–water partition coefficient (Wildman–Crippen LogP) is 12.3. The molecule has 0 radical (unpaired) electrons. The van der Waals surface area contributed by atoms with Gasteiger partial charge in [-0.05, 0) is 64.7 Å². The molecule has 0 saturated carbocycles. The van der Waals surface area contributed by atoms with Crippen LogP contribution in [0, 0.1) is 0 Å². The molecule has 0 amide bonds. The van der Waals surface area contributed by atoms with E-state index in [4.69, 9.17) is 14.7 Å². The maximum absolute atomic E-state index is 6.70. The van der Waals surface area contributed by atoms with Gasteiger partial charge < -0.3 is 4.74 Å². The number of rotatable bonds is 3. The van der Waals surface area contributed by atoms with Crippen LogP contribution in [0.1, 0.15) is 22.3 Å². The maximum Gasteiger partial charge on any atom is 0.160 e. The lowest BCUT2D eigenvalue weighted by molar-refractivity contribution is 0.436. The molecule has 0 atom stereocenters. The summed E-state index contributed by atoms with van der Waals surface area (Å²) in [5.41, 5.74) is 11.6. The highest BCUT2D eigenvalue weighted by Gasteiger charge is 2.51. The third kappa shape index (κ3) is 4.11. The van der Waals surface area contributed by atoms with Crippen LogP contribution in [0.25, 0.3) is 65.2 Å². The van der Waals surface area contributed by atoms with Crippen molar-refractivity contribution >= 4 is 31.5 Å². The first-order valence-electron chi connectivity index (χ1n) is 17.2. The third-order valence-corrected chi connectivity index (χ3v) is 11.7. The van der Waals surface area contributed by atoms with Crippen LogP contribution in [0.3, 0.4) is 0 Å². The number of aromatic nitrogens is 2. The van der Waals surface area contributed by atoms with Gasteiger partial charge in [0.05, 0.1) is 16.8 Å². The topological polar surface area (TPSA) is 35.0 Å². The van der Waals surface area contributed by atoms with E-state index in [1.54, 1.807) is 0 Å². The molecule has 0 N–H and O–H groups in total. The standard InChI is InChI=1S/C47H28N2OS/c1-2-12-29(13-3-1)40-28-41(30-22-24-35-34-16-6-11-21-44(34)51-45(35)27-30)49-46(48-40)31-23-25-43-39(26-31)47(38-19-9-10-20-42(38)50-43)36-17-7-4-14-32(36)33-15-5-8-18-37(33)47/h1-28H. The smallest absolute Gasteiger partial charge is 0.160 e. The highest BCUT2D eigenvalue weighted by molar-refractivity contribution is 7.25. The molecule has 51 heavy (non-hydrogen) atoms. The molecule has 1 aliphatic carbocycles. The molecule has 238 valence electrons. The second kappa shape index (κ2) is 10.8. The van der Waals surface area contributed by atoms with Crippen molar-refractivity contribution in [1.29, 1.82) is 0 Å². The number of nitrogens with zero attached hydrogens (tertiary/aromatic N) is 2. The normalized spacial score (nSPS) is 13.4. The van der Waals surface area contributed by atoms with Crippen molar-refractivity contribution in [2.75, 3.05) is 0 Å². The number of fused-ring (bicyclic) bond motifs is 12. The van der Waals surface area contributed by atoms with Crippen molar-refractivity contribution in [3.8, 4) is 56.5 Å². The average Bonchev–Trinajstić information content (AvgIpc) is 3.72. The summed E-state index contributed by atoms with van der Waals surface area (Å²) in [4.78, 5) is 10.6. The fourth-order valence-corrected chi connectivity index (χ4v) is 9.51. The molecule has 4 heteroatoms. The van der Waals surface area contributed by atoms with E-state index in [1.807, 2.05) is 17.4 Å². The quantitative estimate of drug-likeness (QED) is 0.188. The zero-order chi connectivity index (χ0) is 33.5. The molecule has 2 aliphatic rings. The predicted molar refractivity (Wildman–Crippen MR) is 209 cm³/mol. The van der Waals surface area contributed by atoms with Crippen LogP contribution in [0.5, 0.6) is 11.5 Å². The van der Waals surface area contributed by atoms with Crippen LogP contribution >= 0.6 is 11.3 Å². The summed E-state index contributed by atoms with van der Waals surface area (Å²) in [7, 11) is 0. The Morgan fingerprint density at radius 3 is 1.82 bits per heavy atom. The number of para-hydroxylation sites is 1. The minimum absolute atomic E-state index is 0.556. The van der Waals surface area contributed by atoms with Crippen molar-refractivity contribution in [3.05, 3.63) is 192 Å². The molecule has 3 nitrogen and oxygen atoms in total. The Kier molecular flexibility index (Phi) is 6.04. The van der Waals surface area contributed by atoms with E-state index in [-0.39, 0.29) is 0 Å². The third-order valence-electron chi connectivity index (χ3n) is 10.6. The number of hydrogen-bond donors (Lipinski definition) is 0. The van der Waals surface area contributed by atoms with Gasteiger partial charge in [0.15, 0.2) is 5.82 Å². The van der Waals surface area contributed by atoms with Crippen molar-refractivity contribution in [1.82, 2.24) is 9.97 Å². The SMILES string of the molecule is c1ccc(-c2cc(-c3ccc4c(c3)sc3ccccc34)nc(-c3ccc4c(c3)C3(c5ccccc5O4)c4ccccc4-c4ccccc43)n2)cc1. The summed E-state index contributed by atoms with van der Waals surface area (Å²) in [6.07, 6.45) is 0. The Balaban J connectivity index is 1.15. The minimum Gasteiger partial charge on any atom is -0.457 e. The Labute approximate surface area is 299 Å². The van der Waals surface area contributed by atoms with Crippen LogP contribution in [0.2, 0.25) is 0 Å². The minimum atomic E-state index is -0.556. The lowest BCUT2D eigenvalue weighted by Gasteiger charge is -2.39. The Morgan fingerprint density at radius 2 is 1.02 bits per heavy atom. The van der Waals surface area contributed by atoms with Crippen LogP contribution < -0.4 is 4.74 Å². The molecule has 1 aliphatic heterocycles. The summed E-state index contributed by atoms with van der Waals surface area (Å²) < 4.78 is 9.24. The average molecular weight is 669 g/mol. The number of hydrogen-bond acceptors (Lipinski definition) is 4. The highest BCUT2D eigenvalue weighted by atomic mass is 32.1. The summed E-state index contributed by atoms with van der Waals surface area (Å²) in [5, 5.41) is 2.56. The fourth-order valence-electron chi connectivity index (χ4n) is 8.36. The first kappa shape index (κ1) is 28.5. The molecule has 3 heterocycles. The monoisotopic (exact) mass is 668 g/mol. The van der Waals surface area contributed by atoms with Gasteiger partial charge in [0.25, 0.3) is 0 Å². The van der Waals surface area contributed by atoms with E-state index in [0.29, 0.717) is 5.82 Å². The largest absolute Gasteiger partial charge is 0.457 e. The molecule has 2 aromatic heterocycles. The van der Waals surface area contributed by atoms with Gasteiger partial charge in [-0.3, -0.25) is 0 Å². The molecule has 9 aromatic rings. The van der Waals surface area contributed by atoms with E-state index in [1.165, 1.54) is 42.4 Å². The van der Waals surface area contributed by atoms with Crippen molar-refractivity contribution in [3.63, 3.8) is 0 Å². The molecule has 11 rings (SSSR count). The Morgan fingerprint density at radius 1 is 0.412 bits per heavy atom. The molecular formula is C47H28N2OS. The molecule has 0 fully saturated rings. The van der Waals surface area contributed by atoms with Gasteiger partial charge in [-0.15, -0.1) is 11.3 Å². The van der Waals surface area contributed by atoms with Crippen LogP contribution in [0.4, 0.5) is 0 Å². The van der Waals surface area contributed by atoms with Crippen molar-refractivity contribution in [2.45, 2.75) is 5.41 Å². The van der Waals surface area contributed by atoms with Gasteiger partial charge in [0, 0.05) is 48.0 Å². The van der Waals surface area contributed by atoms with Crippen molar-refractivity contribution in [2.24, 2.45) is 0 Å². The van der Waals surface area contributed by atoms with E-state index < -0.39 is 5.41 Å². The second-order valence-electron chi connectivity index (χ2n) is 13.3. The number of thiophene rings is 1. The van der Waals surface area contributed by atoms with E-state index in [9.17, 15) is 0 Å². The van der Waals surface area contributed by atoms with Gasteiger partial charge in [-0.1, -0.05) is 127 Å². The lowest BCUT2D eigenvalue weighted by atomic mass is 9.66. The Hall–Kier alpha value is -6.36. The van der Waals surface area contributed by atoms with Crippen LogP contribution in [-0.2, 0) is 5.41 Å². The highest BCUT2D eigenvalue weighted by Crippen LogP contribution is 2.62. The zero-order valence-electron chi connectivity index (χ0n) is 27.4.